The Kier molecular flexibility index (Phi) is 3.50. The van der Waals surface area contributed by atoms with E-state index in [1.807, 2.05) is 30.6 Å². The van der Waals surface area contributed by atoms with E-state index in [9.17, 15) is 4.79 Å². The molecule has 0 fully saturated rings. The van der Waals surface area contributed by atoms with Crippen LogP contribution >= 0.6 is 11.3 Å². The fraction of sp³-hybridized carbons (Fsp3) is 0.222. The van der Waals surface area contributed by atoms with Gasteiger partial charge in [0.25, 0.3) is 0 Å². The van der Waals surface area contributed by atoms with E-state index in [1.54, 1.807) is 16.0 Å². The molecule has 0 bridgehead atoms. The Morgan fingerprint density at radius 2 is 2.22 bits per heavy atom. The van der Waals surface area contributed by atoms with Crippen molar-refractivity contribution in [1.82, 2.24) is 9.78 Å². The standard InChI is InChI=1S/C18H16N2O2S/c1-20-15(10-21)17(18(19-20)14-6-8-23-11-14)13-4-5-16-12(9-13)3-2-7-22-16/h4-6,8-11H,2-3,7H2,1H3. The molecule has 0 saturated carbocycles. The number of nitrogens with zero attached hydrogens (tertiary/aromatic N) is 2. The Labute approximate surface area is 138 Å². The third-order valence-electron chi connectivity index (χ3n) is 4.20. The zero-order valence-electron chi connectivity index (χ0n) is 12.8. The number of ether oxygens (including phenoxy) is 1. The van der Waals surface area contributed by atoms with Gasteiger partial charge in [-0.3, -0.25) is 9.48 Å². The Balaban J connectivity index is 1.92. The Morgan fingerprint density at radius 1 is 1.30 bits per heavy atom. The smallest absolute Gasteiger partial charge is 0.168 e. The van der Waals surface area contributed by atoms with Crippen molar-refractivity contribution in [2.24, 2.45) is 7.05 Å². The van der Waals surface area contributed by atoms with E-state index in [0.29, 0.717) is 5.69 Å². The number of fused-ring (bicyclic) bond motifs is 1. The van der Waals surface area contributed by atoms with E-state index in [2.05, 4.69) is 16.5 Å². The third kappa shape index (κ3) is 2.37. The molecular formula is C18H16N2O2S. The van der Waals surface area contributed by atoms with Crippen molar-refractivity contribution in [2.45, 2.75) is 12.8 Å². The molecule has 0 atom stereocenters. The van der Waals surface area contributed by atoms with Gasteiger partial charge in [0.1, 0.15) is 17.1 Å². The molecule has 1 aromatic carbocycles. The summed E-state index contributed by atoms with van der Waals surface area (Å²) in [5.41, 5.74) is 5.61. The van der Waals surface area contributed by atoms with Gasteiger partial charge in [-0.2, -0.15) is 16.4 Å². The van der Waals surface area contributed by atoms with Crippen molar-refractivity contribution in [2.75, 3.05) is 6.61 Å². The average molecular weight is 324 g/mol. The number of hydrogen-bond donors (Lipinski definition) is 0. The lowest BCUT2D eigenvalue weighted by molar-refractivity contribution is 0.111. The molecule has 0 radical (unpaired) electrons. The minimum Gasteiger partial charge on any atom is -0.493 e. The van der Waals surface area contributed by atoms with Crippen molar-refractivity contribution in [3.05, 3.63) is 46.3 Å². The minimum atomic E-state index is 0.600. The molecule has 3 aromatic rings. The number of aryl methyl sites for hydroxylation is 2. The highest BCUT2D eigenvalue weighted by molar-refractivity contribution is 7.08. The monoisotopic (exact) mass is 324 g/mol. The predicted molar refractivity (Wildman–Crippen MR) is 91.2 cm³/mol. The quantitative estimate of drug-likeness (QED) is 0.685. The van der Waals surface area contributed by atoms with Crippen molar-refractivity contribution >= 4 is 17.6 Å². The van der Waals surface area contributed by atoms with Gasteiger partial charge in [0.05, 0.1) is 6.61 Å². The highest BCUT2D eigenvalue weighted by Crippen LogP contribution is 2.37. The summed E-state index contributed by atoms with van der Waals surface area (Å²) in [6, 6.07) is 8.19. The molecule has 5 heteroatoms. The number of aldehydes is 1. The first kappa shape index (κ1) is 14.2. The molecule has 0 amide bonds. The molecule has 23 heavy (non-hydrogen) atoms. The Bertz CT molecular complexity index is 866. The third-order valence-corrected chi connectivity index (χ3v) is 4.88. The van der Waals surface area contributed by atoms with Crippen LogP contribution in [0, 0.1) is 0 Å². The fourth-order valence-electron chi connectivity index (χ4n) is 3.07. The van der Waals surface area contributed by atoms with Crippen LogP contribution in [-0.4, -0.2) is 22.7 Å². The normalized spacial score (nSPS) is 13.4. The number of rotatable bonds is 3. The molecule has 116 valence electrons. The van der Waals surface area contributed by atoms with Crippen molar-refractivity contribution in [3.63, 3.8) is 0 Å². The van der Waals surface area contributed by atoms with E-state index in [1.165, 1.54) is 5.56 Å². The van der Waals surface area contributed by atoms with Crippen molar-refractivity contribution in [1.29, 1.82) is 0 Å². The summed E-state index contributed by atoms with van der Waals surface area (Å²) in [5.74, 6) is 0.952. The second-order valence-electron chi connectivity index (χ2n) is 5.64. The van der Waals surface area contributed by atoms with Gasteiger partial charge < -0.3 is 4.74 Å². The van der Waals surface area contributed by atoms with Crippen LogP contribution in [0.3, 0.4) is 0 Å². The second-order valence-corrected chi connectivity index (χ2v) is 6.42. The van der Waals surface area contributed by atoms with Gasteiger partial charge in [0, 0.05) is 23.6 Å². The van der Waals surface area contributed by atoms with E-state index in [4.69, 9.17) is 4.74 Å². The number of hydrogen-bond acceptors (Lipinski definition) is 4. The van der Waals surface area contributed by atoms with Crippen LogP contribution < -0.4 is 4.74 Å². The first-order valence-corrected chi connectivity index (χ1v) is 8.53. The largest absolute Gasteiger partial charge is 0.493 e. The first-order valence-electron chi connectivity index (χ1n) is 7.59. The van der Waals surface area contributed by atoms with Crippen molar-refractivity contribution in [3.8, 4) is 28.1 Å². The molecule has 0 N–H and O–H groups in total. The zero-order chi connectivity index (χ0) is 15.8. The average Bonchev–Trinajstić information content (AvgIpc) is 3.21. The Morgan fingerprint density at radius 3 is 3.00 bits per heavy atom. The lowest BCUT2D eigenvalue weighted by Crippen LogP contribution is -2.08. The van der Waals surface area contributed by atoms with Gasteiger partial charge in [0.2, 0.25) is 0 Å². The molecule has 0 spiro atoms. The van der Waals surface area contributed by atoms with Gasteiger partial charge in [-0.1, -0.05) is 6.07 Å². The molecule has 4 rings (SSSR count). The topological polar surface area (TPSA) is 44.1 Å². The number of carbonyl (C=O) groups is 1. The van der Waals surface area contributed by atoms with Gasteiger partial charge in [-0.05, 0) is 47.5 Å². The molecular weight excluding hydrogens is 308 g/mol. The lowest BCUT2D eigenvalue weighted by atomic mass is 9.96. The molecule has 4 nitrogen and oxygen atoms in total. The molecule has 1 aliphatic heterocycles. The predicted octanol–water partition coefficient (Wildman–Crippen LogP) is 3.95. The lowest BCUT2D eigenvalue weighted by Gasteiger charge is -2.18. The summed E-state index contributed by atoms with van der Waals surface area (Å²) < 4.78 is 7.35. The maximum Gasteiger partial charge on any atom is 0.168 e. The number of aromatic nitrogens is 2. The maximum absolute atomic E-state index is 11.6. The van der Waals surface area contributed by atoms with Crippen LogP contribution in [0.4, 0.5) is 0 Å². The molecule has 1 aliphatic rings. The number of carbonyl (C=O) groups excluding carboxylic acids is 1. The summed E-state index contributed by atoms with van der Waals surface area (Å²) in [6.45, 7) is 0.777. The number of thiophene rings is 1. The van der Waals surface area contributed by atoms with E-state index >= 15 is 0 Å². The number of benzene rings is 1. The van der Waals surface area contributed by atoms with Crippen LogP contribution in [0.15, 0.2) is 35.0 Å². The highest BCUT2D eigenvalue weighted by Gasteiger charge is 2.21. The van der Waals surface area contributed by atoms with E-state index in [0.717, 1.165) is 53.9 Å². The first-order chi connectivity index (χ1) is 11.3. The van der Waals surface area contributed by atoms with Crippen LogP contribution in [0.5, 0.6) is 5.75 Å². The van der Waals surface area contributed by atoms with Crippen LogP contribution in [-0.2, 0) is 13.5 Å². The summed E-state index contributed by atoms with van der Waals surface area (Å²) in [6.07, 6.45) is 2.92. The van der Waals surface area contributed by atoms with E-state index in [-0.39, 0.29) is 0 Å². The van der Waals surface area contributed by atoms with Gasteiger partial charge in [-0.25, -0.2) is 0 Å². The summed E-state index contributed by atoms with van der Waals surface area (Å²) >= 11 is 1.63. The highest BCUT2D eigenvalue weighted by atomic mass is 32.1. The zero-order valence-corrected chi connectivity index (χ0v) is 13.6. The van der Waals surface area contributed by atoms with Crippen LogP contribution in [0.2, 0.25) is 0 Å². The van der Waals surface area contributed by atoms with Gasteiger partial charge >= 0.3 is 0 Å². The van der Waals surface area contributed by atoms with Gasteiger partial charge in [0.15, 0.2) is 6.29 Å². The van der Waals surface area contributed by atoms with Crippen LogP contribution in [0.1, 0.15) is 22.5 Å². The van der Waals surface area contributed by atoms with Gasteiger partial charge in [-0.15, -0.1) is 0 Å². The summed E-state index contributed by atoms with van der Waals surface area (Å²) in [7, 11) is 1.81. The maximum atomic E-state index is 11.6. The van der Waals surface area contributed by atoms with E-state index < -0.39 is 0 Å². The molecule has 0 aliphatic carbocycles. The molecule has 0 saturated heterocycles. The second kappa shape index (κ2) is 5.66. The molecule has 0 unspecified atom stereocenters. The minimum absolute atomic E-state index is 0.600. The molecule has 3 heterocycles. The Hall–Kier alpha value is -2.40. The van der Waals surface area contributed by atoms with Crippen molar-refractivity contribution < 1.29 is 9.53 Å². The fourth-order valence-corrected chi connectivity index (χ4v) is 3.71. The van der Waals surface area contributed by atoms with Crippen LogP contribution in [0.25, 0.3) is 22.4 Å². The summed E-state index contributed by atoms with van der Waals surface area (Å²) in [4.78, 5) is 11.6. The SMILES string of the molecule is Cn1nc(-c2ccsc2)c(-c2ccc3c(c2)CCCO3)c1C=O. The molecule has 2 aromatic heterocycles. The summed E-state index contributed by atoms with van der Waals surface area (Å²) in [5, 5.41) is 8.65.